The number of hydrogen-bond acceptors (Lipinski definition) is 4. The summed E-state index contributed by atoms with van der Waals surface area (Å²) in [4.78, 5) is 25.7. The number of rotatable bonds is 3. The van der Waals surface area contributed by atoms with E-state index in [0.717, 1.165) is 35.5 Å². The van der Waals surface area contributed by atoms with Crippen molar-refractivity contribution in [2.24, 2.45) is 11.8 Å². The molecule has 0 saturated carbocycles. The first kappa shape index (κ1) is 17.2. The molecule has 0 aromatic heterocycles. The van der Waals surface area contributed by atoms with Gasteiger partial charge >= 0.3 is 0 Å². The molecule has 0 radical (unpaired) electrons. The Labute approximate surface area is 157 Å². The number of benzene rings is 1. The number of ketones is 1. The minimum Gasteiger partial charge on any atom is -0.359 e. The van der Waals surface area contributed by atoms with E-state index in [-0.39, 0.29) is 27.6 Å². The van der Waals surface area contributed by atoms with Crippen molar-refractivity contribution < 1.29 is 9.59 Å². The molecule has 1 aliphatic heterocycles. The third-order valence-corrected chi connectivity index (χ3v) is 9.51. The summed E-state index contributed by atoms with van der Waals surface area (Å²) in [5.41, 5.74) is 4.65. The molecule has 1 amide bonds. The number of amides is 1. The van der Waals surface area contributed by atoms with Crippen LogP contribution in [0.25, 0.3) is 5.57 Å². The Bertz CT molecular complexity index is 765. The summed E-state index contributed by atoms with van der Waals surface area (Å²) >= 11 is 3.93. The summed E-state index contributed by atoms with van der Waals surface area (Å²) in [7, 11) is 1.69. The first-order valence-corrected chi connectivity index (χ1v) is 10.9. The van der Waals surface area contributed by atoms with Crippen LogP contribution >= 0.6 is 23.5 Å². The fourth-order valence-corrected chi connectivity index (χ4v) is 8.39. The van der Waals surface area contributed by atoms with E-state index in [4.69, 9.17) is 0 Å². The number of carbonyl (C=O) groups excluding carboxylic acids is 2. The molecule has 4 rings (SSSR count). The summed E-state index contributed by atoms with van der Waals surface area (Å²) in [6.07, 6.45) is 2.09. The fraction of sp³-hybridized carbons (Fsp3) is 0.500. The number of allylic oxidation sites excluding steroid dienone is 1. The minimum absolute atomic E-state index is 0.0447. The molecule has 1 saturated heterocycles. The predicted octanol–water partition coefficient (Wildman–Crippen LogP) is 3.53. The van der Waals surface area contributed by atoms with Gasteiger partial charge in [-0.25, -0.2) is 0 Å². The number of carbonyl (C=O) groups is 2. The zero-order valence-corrected chi connectivity index (χ0v) is 16.3. The van der Waals surface area contributed by atoms with Crippen molar-refractivity contribution in [3.8, 4) is 0 Å². The molecule has 0 bridgehead atoms. The van der Waals surface area contributed by atoms with E-state index in [0.29, 0.717) is 6.42 Å². The Balaban J connectivity index is 1.87. The predicted molar refractivity (Wildman–Crippen MR) is 106 cm³/mol. The highest BCUT2D eigenvalue weighted by Gasteiger charge is 2.57. The zero-order valence-electron chi connectivity index (χ0n) is 14.6. The molecule has 5 heteroatoms. The molecular formula is C20H23NO2S2. The normalized spacial score (nSPS) is 26.7. The number of Topliss-reactive ketones (excluding diaryl/α,β-unsaturated/α-hetero) is 1. The van der Waals surface area contributed by atoms with E-state index in [1.54, 1.807) is 7.05 Å². The van der Waals surface area contributed by atoms with E-state index >= 15 is 0 Å². The SMILES string of the molecule is CC[C@@H]1C(=O)C2=C(Cc3ccccc32)C2(SCCS2)[C@H]1CC(=O)NC. The topological polar surface area (TPSA) is 46.2 Å². The monoisotopic (exact) mass is 373 g/mol. The third-order valence-electron chi connectivity index (χ3n) is 5.77. The summed E-state index contributed by atoms with van der Waals surface area (Å²) < 4.78 is -0.116. The second-order valence-electron chi connectivity index (χ2n) is 6.91. The molecule has 132 valence electrons. The Morgan fingerprint density at radius 1 is 1.28 bits per heavy atom. The van der Waals surface area contributed by atoms with Crippen molar-refractivity contribution >= 4 is 40.8 Å². The first-order valence-electron chi connectivity index (χ1n) is 8.97. The molecule has 1 N–H and O–H groups in total. The molecule has 1 heterocycles. The fourth-order valence-electron chi connectivity index (χ4n) is 4.66. The van der Waals surface area contributed by atoms with Crippen molar-refractivity contribution in [1.82, 2.24) is 5.32 Å². The van der Waals surface area contributed by atoms with Crippen molar-refractivity contribution in [1.29, 1.82) is 0 Å². The zero-order chi connectivity index (χ0) is 17.6. The van der Waals surface area contributed by atoms with Crippen LogP contribution in [0.15, 0.2) is 29.8 Å². The van der Waals surface area contributed by atoms with E-state index in [1.165, 1.54) is 11.1 Å². The lowest BCUT2D eigenvalue weighted by Gasteiger charge is -2.45. The maximum absolute atomic E-state index is 13.4. The van der Waals surface area contributed by atoms with Gasteiger partial charge in [-0.1, -0.05) is 31.2 Å². The number of hydrogen-bond donors (Lipinski definition) is 1. The van der Waals surface area contributed by atoms with E-state index < -0.39 is 0 Å². The van der Waals surface area contributed by atoms with Gasteiger partial charge in [-0.05, 0) is 29.5 Å². The van der Waals surface area contributed by atoms with Crippen LogP contribution in [0.2, 0.25) is 0 Å². The van der Waals surface area contributed by atoms with Gasteiger partial charge in [0.1, 0.15) is 0 Å². The number of nitrogens with one attached hydrogen (secondary N) is 1. The highest BCUT2D eigenvalue weighted by Crippen LogP contribution is 2.63. The average molecular weight is 374 g/mol. The molecule has 1 spiro atoms. The number of fused-ring (bicyclic) bond motifs is 3. The van der Waals surface area contributed by atoms with Gasteiger partial charge in [0.25, 0.3) is 0 Å². The lowest BCUT2D eigenvalue weighted by molar-refractivity contribution is -0.124. The summed E-state index contributed by atoms with van der Waals surface area (Å²) in [5.74, 6) is 2.49. The van der Waals surface area contributed by atoms with E-state index in [1.807, 2.05) is 29.6 Å². The van der Waals surface area contributed by atoms with Gasteiger partial charge in [-0.15, -0.1) is 23.5 Å². The van der Waals surface area contributed by atoms with Crippen LogP contribution in [0.4, 0.5) is 0 Å². The van der Waals surface area contributed by atoms with Crippen molar-refractivity contribution in [3.63, 3.8) is 0 Å². The van der Waals surface area contributed by atoms with Crippen molar-refractivity contribution in [2.45, 2.75) is 30.3 Å². The van der Waals surface area contributed by atoms with Crippen LogP contribution in [0.3, 0.4) is 0 Å². The standard InChI is InChI=1S/C20H23NO2S2/c1-3-13-15(11-17(22)21-2)20(24-8-9-25-20)16-10-12-6-4-5-7-14(12)18(16)19(13)23/h4-7,13,15H,3,8-11H2,1-2H3,(H,21,22)/t13-,15-/m0/s1. The van der Waals surface area contributed by atoms with Gasteiger partial charge in [-0.2, -0.15) is 0 Å². The molecule has 3 nitrogen and oxygen atoms in total. The minimum atomic E-state index is -0.116. The van der Waals surface area contributed by atoms with E-state index in [9.17, 15) is 9.59 Å². The van der Waals surface area contributed by atoms with Gasteiger partial charge < -0.3 is 5.32 Å². The molecule has 1 fully saturated rings. The summed E-state index contributed by atoms with van der Waals surface area (Å²) in [6.45, 7) is 2.09. The Morgan fingerprint density at radius 2 is 2.00 bits per heavy atom. The Hall–Kier alpha value is -1.20. The maximum atomic E-state index is 13.4. The Morgan fingerprint density at radius 3 is 2.68 bits per heavy atom. The lowest BCUT2D eigenvalue weighted by Crippen LogP contribution is -2.46. The molecule has 1 aromatic carbocycles. The smallest absolute Gasteiger partial charge is 0.220 e. The molecule has 1 aromatic rings. The molecule has 0 unspecified atom stereocenters. The Kier molecular flexibility index (Phi) is 4.49. The molecule has 3 aliphatic rings. The van der Waals surface area contributed by atoms with Gasteiger partial charge in [0.05, 0.1) is 4.08 Å². The van der Waals surface area contributed by atoms with Crippen LogP contribution in [0.5, 0.6) is 0 Å². The third kappa shape index (κ3) is 2.50. The van der Waals surface area contributed by atoms with Crippen LogP contribution in [-0.4, -0.2) is 34.3 Å². The van der Waals surface area contributed by atoms with Crippen LogP contribution in [-0.2, 0) is 16.0 Å². The van der Waals surface area contributed by atoms with Crippen molar-refractivity contribution in [3.05, 3.63) is 41.0 Å². The van der Waals surface area contributed by atoms with Gasteiger partial charge in [-0.3, -0.25) is 9.59 Å². The van der Waals surface area contributed by atoms with E-state index in [2.05, 4.69) is 30.4 Å². The highest BCUT2D eigenvalue weighted by molar-refractivity contribution is 8.21. The van der Waals surface area contributed by atoms with Crippen LogP contribution in [0, 0.1) is 11.8 Å². The van der Waals surface area contributed by atoms with Crippen LogP contribution < -0.4 is 5.32 Å². The van der Waals surface area contributed by atoms with Gasteiger partial charge in [0.15, 0.2) is 5.78 Å². The molecule has 2 aliphatic carbocycles. The van der Waals surface area contributed by atoms with Gasteiger partial charge in [0.2, 0.25) is 5.91 Å². The molecule has 2 atom stereocenters. The van der Waals surface area contributed by atoms with Crippen LogP contribution in [0.1, 0.15) is 30.9 Å². The largest absolute Gasteiger partial charge is 0.359 e. The summed E-state index contributed by atoms with van der Waals surface area (Å²) in [5, 5.41) is 2.77. The highest BCUT2D eigenvalue weighted by atomic mass is 32.2. The second kappa shape index (κ2) is 6.51. The van der Waals surface area contributed by atoms with Crippen molar-refractivity contribution in [2.75, 3.05) is 18.6 Å². The lowest BCUT2D eigenvalue weighted by atomic mass is 9.71. The number of thioether (sulfide) groups is 2. The molecular weight excluding hydrogens is 350 g/mol. The quantitative estimate of drug-likeness (QED) is 0.880. The van der Waals surface area contributed by atoms with Gasteiger partial charge in [0, 0.05) is 42.4 Å². The second-order valence-corrected chi connectivity index (χ2v) is 9.85. The molecule has 25 heavy (non-hydrogen) atoms. The summed E-state index contributed by atoms with van der Waals surface area (Å²) in [6, 6.07) is 8.33. The first-order chi connectivity index (χ1) is 12.1. The maximum Gasteiger partial charge on any atom is 0.220 e. The average Bonchev–Trinajstić information content (AvgIpc) is 3.25.